The van der Waals surface area contributed by atoms with Crippen LogP contribution < -0.4 is 0 Å². The molecule has 1 aromatic heterocycles. The molecule has 3 rings (SSSR count). The van der Waals surface area contributed by atoms with E-state index in [-0.39, 0.29) is 16.7 Å². The first kappa shape index (κ1) is 17.0. The van der Waals surface area contributed by atoms with E-state index in [0.29, 0.717) is 35.0 Å². The van der Waals surface area contributed by atoms with E-state index in [0.717, 1.165) is 11.8 Å². The number of nitrogens with zero attached hydrogens (tertiary/aromatic N) is 1. The second-order valence-corrected chi connectivity index (χ2v) is 6.41. The molecule has 0 saturated carbocycles. The van der Waals surface area contributed by atoms with Crippen molar-refractivity contribution in [3.05, 3.63) is 52.6 Å². The minimum atomic E-state index is -1.02. The van der Waals surface area contributed by atoms with E-state index in [1.165, 1.54) is 23.1 Å². The van der Waals surface area contributed by atoms with Gasteiger partial charge in [-0.1, -0.05) is 19.1 Å². The Labute approximate surface area is 148 Å². The fourth-order valence-electron chi connectivity index (χ4n) is 2.44. The van der Waals surface area contributed by atoms with Crippen molar-refractivity contribution in [3.8, 4) is 11.3 Å². The maximum Gasteiger partial charge on any atom is 0.335 e. The van der Waals surface area contributed by atoms with Gasteiger partial charge in [0.05, 0.1) is 10.5 Å². The van der Waals surface area contributed by atoms with Crippen LogP contribution in [0.2, 0.25) is 0 Å². The molecule has 0 atom stereocenters. The summed E-state index contributed by atoms with van der Waals surface area (Å²) < 4.78 is 5.68. The Kier molecular flexibility index (Phi) is 4.76. The fourth-order valence-corrected chi connectivity index (χ4v) is 3.28. The summed E-state index contributed by atoms with van der Waals surface area (Å²) in [6.07, 6.45) is 2.24. The first-order chi connectivity index (χ1) is 12.0. The van der Waals surface area contributed by atoms with Gasteiger partial charge in [-0.2, -0.15) is 0 Å². The first-order valence-corrected chi connectivity index (χ1v) is 8.50. The lowest BCUT2D eigenvalue weighted by Gasteiger charge is -2.09. The molecule has 1 aromatic carbocycles. The number of aromatic carboxylic acids is 1. The molecule has 6 nitrogen and oxygen atoms in total. The monoisotopic (exact) mass is 357 g/mol. The normalized spacial score (nSPS) is 16.0. The molecule has 7 heteroatoms. The van der Waals surface area contributed by atoms with Crippen molar-refractivity contribution in [2.24, 2.45) is 0 Å². The van der Waals surface area contributed by atoms with E-state index >= 15 is 0 Å². The van der Waals surface area contributed by atoms with Crippen molar-refractivity contribution in [3.63, 3.8) is 0 Å². The summed E-state index contributed by atoms with van der Waals surface area (Å²) in [5.74, 6) is -0.416. The molecule has 0 aliphatic carbocycles. The van der Waals surface area contributed by atoms with Crippen LogP contribution in [0.15, 0.2) is 45.7 Å². The number of carboxylic acids is 1. The Hall–Kier alpha value is -2.80. The third-order valence-electron chi connectivity index (χ3n) is 3.61. The molecule has 1 saturated heterocycles. The maximum atomic E-state index is 12.2. The summed E-state index contributed by atoms with van der Waals surface area (Å²) in [5.41, 5.74) is 0.787. The molecule has 2 heterocycles. The highest BCUT2D eigenvalue weighted by Crippen LogP contribution is 2.33. The van der Waals surface area contributed by atoms with E-state index in [1.54, 1.807) is 24.3 Å². The molecule has 0 unspecified atom stereocenters. The van der Waals surface area contributed by atoms with Gasteiger partial charge in [-0.3, -0.25) is 14.5 Å². The van der Waals surface area contributed by atoms with Gasteiger partial charge in [0.1, 0.15) is 11.5 Å². The predicted octanol–water partition coefficient (Wildman–Crippen LogP) is 4.09. The van der Waals surface area contributed by atoms with E-state index in [2.05, 4.69) is 0 Å². The van der Waals surface area contributed by atoms with E-state index < -0.39 is 5.97 Å². The molecule has 0 bridgehead atoms. The number of amides is 2. The molecule has 1 fully saturated rings. The second kappa shape index (κ2) is 6.98. The summed E-state index contributed by atoms with van der Waals surface area (Å²) in [7, 11) is 0. The van der Waals surface area contributed by atoms with Crippen LogP contribution in [0.4, 0.5) is 4.79 Å². The highest BCUT2D eigenvalue weighted by Gasteiger charge is 2.34. The van der Waals surface area contributed by atoms with Crippen molar-refractivity contribution in [2.75, 3.05) is 6.54 Å². The molecule has 0 spiro atoms. The summed E-state index contributed by atoms with van der Waals surface area (Å²) >= 11 is 0.889. The lowest BCUT2D eigenvalue weighted by molar-refractivity contribution is -0.122. The highest BCUT2D eigenvalue weighted by atomic mass is 32.2. The van der Waals surface area contributed by atoms with Crippen LogP contribution >= 0.6 is 11.8 Å². The van der Waals surface area contributed by atoms with Gasteiger partial charge < -0.3 is 9.52 Å². The topological polar surface area (TPSA) is 87.8 Å². The SMILES string of the molecule is CCCN1C(=O)SC(=Cc2ccc(-c3cccc(C(=O)O)c3)o2)C1=O. The predicted molar refractivity (Wildman–Crippen MR) is 94.1 cm³/mol. The van der Waals surface area contributed by atoms with Gasteiger partial charge >= 0.3 is 5.97 Å². The van der Waals surface area contributed by atoms with Crippen LogP contribution in [-0.4, -0.2) is 33.7 Å². The minimum Gasteiger partial charge on any atom is -0.478 e. The number of benzene rings is 1. The molecule has 128 valence electrons. The van der Waals surface area contributed by atoms with E-state index in [1.807, 2.05) is 6.92 Å². The Morgan fingerprint density at radius 3 is 2.80 bits per heavy atom. The zero-order valence-electron chi connectivity index (χ0n) is 13.4. The van der Waals surface area contributed by atoms with Gasteiger partial charge in [-0.15, -0.1) is 0 Å². The van der Waals surface area contributed by atoms with Crippen molar-refractivity contribution < 1.29 is 23.9 Å². The largest absolute Gasteiger partial charge is 0.478 e. The lowest BCUT2D eigenvalue weighted by atomic mass is 10.1. The van der Waals surface area contributed by atoms with E-state index in [4.69, 9.17) is 9.52 Å². The number of thioether (sulfide) groups is 1. The number of carbonyl (C=O) groups is 3. The average molecular weight is 357 g/mol. The zero-order valence-corrected chi connectivity index (χ0v) is 14.2. The summed E-state index contributed by atoms with van der Waals surface area (Å²) in [6, 6.07) is 9.76. The molecule has 1 N–H and O–H groups in total. The number of imide groups is 1. The van der Waals surface area contributed by atoms with Gasteiger partial charge in [-0.25, -0.2) is 4.79 Å². The summed E-state index contributed by atoms with van der Waals surface area (Å²) in [6.45, 7) is 2.30. The molecule has 1 aliphatic rings. The standard InChI is InChI=1S/C18H15NO5S/c1-2-8-19-16(20)15(25-18(19)23)10-13-6-7-14(24-13)11-4-3-5-12(9-11)17(21)22/h3-7,9-10H,2,8H2,1H3,(H,21,22). The Bertz CT molecular complexity index is 883. The Morgan fingerprint density at radius 2 is 2.08 bits per heavy atom. The number of hydrogen-bond donors (Lipinski definition) is 1. The number of hydrogen-bond acceptors (Lipinski definition) is 5. The minimum absolute atomic E-state index is 0.163. The Morgan fingerprint density at radius 1 is 1.28 bits per heavy atom. The third kappa shape index (κ3) is 3.51. The molecule has 2 amide bonds. The fraction of sp³-hybridized carbons (Fsp3) is 0.167. The molecule has 0 radical (unpaired) electrons. The van der Waals surface area contributed by atoms with Gasteiger partial charge in [0, 0.05) is 18.2 Å². The van der Waals surface area contributed by atoms with Crippen molar-refractivity contribution in [1.82, 2.24) is 4.90 Å². The van der Waals surface area contributed by atoms with Crippen molar-refractivity contribution >= 4 is 35.0 Å². The van der Waals surface area contributed by atoms with Crippen molar-refractivity contribution in [1.29, 1.82) is 0 Å². The van der Waals surface area contributed by atoms with Crippen LogP contribution in [0.25, 0.3) is 17.4 Å². The lowest BCUT2D eigenvalue weighted by Crippen LogP contribution is -2.28. The van der Waals surface area contributed by atoms with Gasteiger partial charge in [0.15, 0.2) is 0 Å². The molecular formula is C18H15NO5S. The van der Waals surface area contributed by atoms with Crippen LogP contribution in [0.5, 0.6) is 0 Å². The Balaban J connectivity index is 1.85. The smallest absolute Gasteiger partial charge is 0.335 e. The van der Waals surface area contributed by atoms with Crippen molar-refractivity contribution in [2.45, 2.75) is 13.3 Å². The van der Waals surface area contributed by atoms with E-state index in [9.17, 15) is 14.4 Å². The number of rotatable bonds is 5. The van der Waals surface area contributed by atoms with Crippen LogP contribution in [0.3, 0.4) is 0 Å². The molecule has 2 aromatic rings. The molecular weight excluding hydrogens is 342 g/mol. The molecule has 25 heavy (non-hydrogen) atoms. The second-order valence-electron chi connectivity index (χ2n) is 5.42. The summed E-state index contributed by atoms with van der Waals surface area (Å²) in [4.78, 5) is 36.7. The summed E-state index contributed by atoms with van der Waals surface area (Å²) in [5, 5.41) is 8.78. The number of carbonyl (C=O) groups excluding carboxylic acids is 2. The number of carboxylic acid groups (broad SMARTS) is 1. The average Bonchev–Trinajstić information content (AvgIpc) is 3.16. The van der Waals surface area contributed by atoms with Gasteiger partial charge in [0.2, 0.25) is 0 Å². The quantitative estimate of drug-likeness (QED) is 0.811. The number of furan rings is 1. The van der Waals surface area contributed by atoms with Gasteiger partial charge in [-0.05, 0) is 42.4 Å². The zero-order chi connectivity index (χ0) is 18.0. The first-order valence-electron chi connectivity index (χ1n) is 7.68. The van der Waals surface area contributed by atoms with Crippen LogP contribution in [0.1, 0.15) is 29.5 Å². The molecule has 1 aliphatic heterocycles. The van der Waals surface area contributed by atoms with Gasteiger partial charge in [0.25, 0.3) is 11.1 Å². The van der Waals surface area contributed by atoms with Crippen LogP contribution in [-0.2, 0) is 4.79 Å². The highest BCUT2D eigenvalue weighted by molar-refractivity contribution is 8.18. The third-order valence-corrected chi connectivity index (χ3v) is 4.52. The maximum absolute atomic E-state index is 12.2. The van der Waals surface area contributed by atoms with Crippen LogP contribution in [0, 0.1) is 0 Å².